The number of hydrogen-bond donors (Lipinski definition) is 1. The lowest BCUT2D eigenvalue weighted by molar-refractivity contribution is 0.106. The Labute approximate surface area is 104 Å². The van der Waals surface area contributed by atoms with Crippen LogP contribution >= 0.6 is 0 Å². The Balaban J connectivity index is 2.54. The Morgan fingerprint density at radius 1 is 1.33 bits per heavy atom. The largest absolute Gasteiger partial charge is 0.411 e. The molecule has 0 bridgehead atoms. The summed E-state index contributed by atoms with van der Waals surface area (Å²) in [4.78, 5) is 11.8. The molecule has 1 heterocycles. The summed E-state index contributed by atoms with van der Waals surface area (Å²) in [5, 5.41) is 15.5. The van der Waals surface area contributed by atoms with E-state index in [2.05, 4.69) is 10.3 Å². The summed E-state index contributed by atoms with van der Waals surface area (Å²) in [6.07, 6.45) is 0.881. The topological polar surface area (TPSA) is 67.5 Å². The maximum atomic E-state index is 11.8. The van der Waals surface area contributed by atoms with Gasteiger partial charge in [0.1, 0.15) is 6.21 Å². The normalized spacial score (nSPS) is 11.0. The second-order valence-electron chi connectivity index (χ2n) is 3.90. The molecule has 0 saturated heterocycles. The van der Waals surface area contributed by atoms with Crippen molar-refractivity contribution in [2.24, 2.45) is 5.16 Å². The number of hydrogen-bond acceptors (Lipinski definition) is 4. The number of Topliss-reactive ketones (excluding diaryl/α,β-unsaturated/α-hetero) is 1. The molecule has 0 amide bonds. The monoisotopic (exact) mass is 243 g/mol. The van der Waals surface area contributed by atoms with Gasteiger partial charge in [-0.1, -0.05) is 23.4 Å². The van der Waals surface area contributed by atoms with Gasteiger partial charge in [0.2, 0.25) is 5.78 Å². The number of rotatable bonds is 3. The highest BCUT2D eigenvalue weighted by molar-refractivity contribution is 6.35. The average molecular weight is 243 g/mol. The number of ketones is 1. The van der Waals surface area contributed by atoms with Gasteiger partial charge < -0.3 is 5.21 Å². The van der Waals surface area contributed by atoms with Crippen LogP contribution in [0.3, 0.4) is 0 Å². The first kappa shape index (κ1) is 12.0. The molecule has 1 aromatic heterocycles. The molecule has 2 aromatic rings. The molecule has 0 saturated carbocycles. The molecule has 5 nitrogen and oxygen atoms in total. The minimum Gasteiger partial charge on any atom is -0.411 e. The molecule has 18 heavy (non-hydrogen) atoms. The SMILES string of the molecule is Cc1nn(-c2ccccc2)c(C)c1C(=O)C=NO. The predicted octanol–water partition coefficient (Wildman–Crippen LogP) is 2.13. The summed E-state index contributed by atoms with van der Waals surface area (Å²) in [6.45, 7) is 3.57. The van der Waals surface area contributed by atoms with E-state index in [1.165, 1.54) is 0 Å². The summed E-state index contributed by atoms with van der Waals surface area (Å²) in [5.74, 6) is -0.352. The number of carbonyl (C=O) groups is 1. The molecule has 1 aromatic carbocycles. The molecule has 0 atom stereocenters. The highest BCUT2D eigenvalue weighted by Crippen LogP contribution is 2.17. The zero-order valence-corrected chi connectivity index (χ0v) is 10.2. The lowest BCUT2D eigenvalue weighted by Gasteiger charge is -2.03. The Bertz CT molecular complexity index is 600. The molecule has 0 radical (unpaired) electrons. The van der Waals surface area contributed by atoms with Crippen LogP contribution in [-0.4, -0.2) is 27.0 Å². The summed E-state index contributed by atoms with van der Waals surface area (Å²) in [7, 11) is 0. The highest BCUT2D eigenvalue weighted by atomic mass is 16.4. The molecular formula is C13H13N3O2. The summed E-state index contributed by atoms with van der Waals surface area (Å²) in [6, 6.07) is 9.55. The number of para-hydroxylation sites is 1. The van der Waals surface area contributed by atoms with Crippen LogP contribution in [0.5, 0.6) is 0 Å². The minimum absolute atomic E-state index is 0.352. The van der Waals surface area contributed by atoms with Gasteiger partial charge in [-0.3, -0.25) is 4.79 Å². The molecule has 0 aliphatic rings. The standard InChI is InChI=1S/C13H13N3O2/c1-9-13(12(17)8-14-18)10(2)16(15-9)11-6-4-3-5-7-11/h3-8,18H,1-2H3. The molecule has 0 aliphatic heterocycles. The number of nitrogens with zero attached hydrogens (tertiary/aromatic N) is 3. The number of aromatic nitrogens is 2. The number of aryl methyl sites for hydroxylation is 1. The molecule has 0 unspecified atom stereocenters. The van der Waals surface area contributed by atoms with Gasteiger partial charge in [0.05, 0.1) is 22.6 Å². The van der Waals surface area contributed by atoms with E-state index in [1.807, 2.05) is 37.3 Å². The molecule has 0 aliphatic carbocycles. The Kier molecular flexibility index (Phi) is 3.23. The van der Waals surface area contributed by atoms with E-state index in [4.69, 9.17) is 5.21 Å². The van der Waals surface area contributed by atoms with Crippen LogP contribution < -0.4 is 0 Å². The number of oxime groups is 1. The van der Waals surface area contributed by atoms with Gasteiger partial charge in [-0.15, -0.1) is 0 Å². The zero-order valence-electron chi connectivity index (χ0n) is 10.2. The average Bonchev–Trinajstić information content (AvgIpc) is 2.66. The minimum atomic E-state index is -0.352. The number of benzene rings is 1. The van der Waals surface area contributed by atoms with Crippen molar-refractivity contribution in [2.45, 2.75) is 13.8 Å². The maximum absolute atomic E-state index is 11.8. The van der Waals surface area contributed by atoms with Crippen molar-refractivity contribution < 1.29 is 10.0 Å². The van der Waals surface area contributed by atoms with Crippen molar-refractivity contribution in [1.82, 2.24) is 9.78 Å². The third-order valence-electron chi connectivity index (χ3n) is 2.71. The van der Waals surface area contributed by atoms with Gasteiger partial charge in [0, 0.05) is 0 Å². The molecule has 2 rings (SSSR count). The Morgan fingerprint density at radius 3 is 2.61 bits per heavy atom. The quantitative estimate of drug-likeness (QED) is 0.388. The summed E-state index contributed by atoms with van der Waals surface area (Å²) < 4.78 is 1.70. The molecule has 0 spiro atoms. The van der Waals surface area contributed by atoms with Crippen molar-refractivity contribution in [3.05, 3.63) is 47.3 Å². The van der Waals surface area contributed by atoms with Gasteiger partial charge in [-0.2, -0.15) is 5.10 Å². The van der Waals surface area contributed by atoms with E-state index in [-0.39, 0.29) is 5.78 Å². The molecule has 0 fully saturated rings. The van der Waals surface area contributed by atoms with Gasteiger partial charge in [-0.05, 0) is 26.0 Å². The molecule has 92 valence electrons. The van der Waals surface area contributed by atoms with Gasteiger partial charge in [-0.25, -0.2) is 4.68 Å². The van der Waals surface area contributed by atoms with Crippen molar-refractivity contribution in [3.63, 3.8) is 0 Å². The van der Waals surface area contributed by atoms with E-state index in [0.29, 0.717) is 11.3 Å². The van der Waals surface area contributed by atoms with Crippen molar-refractivity contribution in [1.29, 1.82) is 0 Å². The number of carbonyl (C=O) groups excluding carboxylic acids is 1. The lowest BCUT2D eigenvalue weighted by Crippen LogP contribution is -2.04. The van der Waals surface area contributed by atoms with Crippen LogP contribution in [0.25, 0.3) is 5.69 Å². The van der Waals surface area contributed by atoms with Crippen LogP contribution in [0.15, 0.2) is 35.5 Å². The van der Waals surface area contributed by atoms with Crippen LogP contribution in [0.2, 0.25) is 0 Å². The highest BCUT2D eigenvalue weighted by Gasteiger charge is 2.17. The third-order valence-corrected chi connectivity index (χ3v) is 2.71. The van der Waals surface area contributed by atoms with E-state index < -0.39 is 0 Å². The predicted molar refractivity (Wildman–Crippen MR) is 67.6 cm³/mol. The van der Waals surface area contributed by atoms with Crippen molar-refractivity contribution in [2.75, 3.05) is 0 Å². The molecule has 5 heteroatoms. The van der Waals surface area contributed by atoms with Crippen LogP contribution in [0.4, 0.5) is 0 Å². The van der Waals surface area contributed by atoms with Crippen LogP contribution in [-0.2, 0) is 0 Å². The Hall–Kier alpha value is -2.43. The van der Waals surface area contributed by atoms with E-state index in [1.54, 1.807) is 11.6 Å². The van der Waals surface area contributed by atoms with E-state index in [0.717, 1.165) is 17.6 Å². The zero-order chi connectivity index (χ0) is 13.1. The fourth-order valence-electron chi connectivity index (χ4n) is 1.94. The van der Waals surface area contributed by atoms with Gasteiger partial charge in [0.15, 0.2) is 0 Å². The summed E-state index contributed by atoms with van der Waals surface area (Å²) in [5.41, 5.74) is 2.69. The van der Waals surface area contributed by atoms with E-state index in [9.17, 15) is 4.79 Å². The fraction of sp³-hybridized carbons (Fsp3) is 0.154. The van der Waals surface area contributed by atoms with Gasteiger partial charge >= 0.3 is 0 Å². The van der Waals surface area contributed by atoms with Crippen molar-refractivity contribution >= 4 is 12.0 Å². The lowest BCUT2D eigenvalue weighted by atomic mass is 10.1. The first-order chi connectivity index (χ1) is 8.65. The molecular weight excluding hydrogens is 230 g/mol. The second-order valence-corrected chi connectivity index (χ2v) is 3.90. The van der Waals surface area contributed by atoms with E-state index >= 15 is 0 Å². The smallest absolute Gasteiger partial charge is 0.211 e. The van der Waals surface area contributed by atoms with Crippen molar-refractivity contribution in [3.8, 4) is 5.69 Å². The van der Waals surface area contributed by atoms with Crippen LogP contribution in [0.1, 0.15) is 21.7 Å². The third kappa shape index (κ3) is 2.02. The first-order valence-corrected chi connectivity index (χ1v) is 5.48. The molecule has 1 N–H and O–H groups in total. The Morgan fingerprint density at radius 2 is 2.00 bits per heavy atom. The van der Waals surface area contributed by atoms with Gasteiger partial charge in [0.25, 0.3) is 0 Å². The fourth-order valence-corrected chi connectivity index (χ4v) is 1.94. The second kappa shape index (κ2) is 4.83. The summed E-state index contributed by atoms with van der Waals surface area (Å²) >= 11 is 0. The first-order valence-electron chi connectivity index (χ1n) is 5.48. The van der Waals surface area contributed by atoms with Crippen LogP contribution in [0, 0.1) is 13.8 Å². The maximum Gasteiger partial charge on any atom is 0.211 e.